The van der Waals surface area contributed by atoms with Gasteiger partial charge >= 0.3 is 60.1 Å². The van der Waals surface area contributed by atoms with E-state index in [1.807, 2.05) is 20.8 Å². The molecule has 3 aliphatic heterocycles. The van der Waals surface area contributed by atoms with Gasteiger partial charge in [-0.1, -0.05) is 81.2 Å². The number of nitrogen functional groups attached to an aromatic ring is 2. The molecule has 0 aliphatic carbocycles. The average Bonchev–Trinajstić information content (AvgIpc) is 0.800. The Kier molecular flexibility index (Phi) is 26.7. The Morgan fingerprint density at radius 1 is 0.455 bits per heavy atom. The highest BCUT2D eigenvalue weighted by Crippen LogP contribution is 2.43. The number of aromatic nitrogens is 3. The number of alkyl halides is 9. The third-order valence-corrected chi connectivity index (χ3v) is 17.5. The molecule has 8 N–H and O–H groups in total. The Morgan fingerprint density at radius 2 is 0.743 bits per heavy atom. The van der Waals surface area contributed by atoms with Crippen molar-refractivity contribution in [3.63, 3.8) is 0 Å². The second kappa shape index (κ2) is 33.2. The summed E-state index contributed by atoms with van der Waals surface area (Å²) < 4.78 is 123. The monoisotopic (exact) mass is 1480 g/mol. The molecule has 6 atom stereocenters. The standard InChI is InChI=1S/C26H30ClF3N4O4.2C21H22ClF3N4O2.CH4/c1-14-6-9-20(16-7-8-18(19(27)11-16)26(28,29)30)34(13-14)23(36)22(35)32-17-10-15(2)21(31-12-17)33-24(37)38-25(3,4)5;2*1-11-3-6-17(13-4-5-15(16(22)8-13)21(23,24)25)29(10-11)20(31)19(30)28-14-7-12(2)18(26)27-9-14;/h7-8,10-12,14,20H,6,9,13H2,1-5H3,(H,32,35)(H,31,33,37);2*4-5,7-9,11,17H,3,6,10H2,1-2H3,(H2,26,27)(H,28,30);1H4/t14-,20+;2*11-,17+;/m010./s1. The van der Waals surface area contributed by atoms with Crippen LogP contribution in [0.25, 0.3) is 0 Å². The minimum atomic E-state index is -4.60. The van der Waals surface area contributed by atoms with Crippen molar-refractivity contribution in [3.8, 4) is 0 Å². The van der Waals surface area contributed by atoms with Crippen LogP contribution in [0.2, 0.25) is 15.1 Å². The van der Waals surface area contributed by atoms with Gasteiger partial charge < -0.3 is 46.9 Å². The molecular weight excluding hydrogens is 1400 g/mol. The maximum atomic E-state index is 13.2. The molecule has 0 radical (unpaired) electrons. The highest BCUT2D eigenvalue weighted by atomic mass is 35.5. The van der Waals surface area contributed by atoms with Crippen molar-refractivity contribution in [2.75, 3.05) is 52.4 Å². The lowest BCUT2D eigenvalue weighted by Gasteiger charge is -2.38. The van der Waals surface area contributed by atoms with Gasteiger partial charge in [0, 0.05) is 19.6 Å². The van der Waals surface area contributed by atoms with Crippen LogP contribution >= 0.6 is 34.8 Å². The number of anilines is 6. The minimum absolute atomic E-state index is 0. The first-order valence-corrected chi connectivity index (χ1v) is 32.5. The fraction of sp³-hybridized carbons (Fsp3) is 0.420. The van der Waals surface area contributed by atoms with E-state index < -0.39 is 116 Å². The highest BCUT2D eigenvalue weighted by Gasteiger charge is 2.41. The van der Waals surface area contributed by atoms with Crippen LogP contribution in [-0.2, 0) is 52.0 Å². The molecular formula is C69H78Cl3F9N12O8. The van der Waals surface area contributed by atoms with Gasteiger partial charge in [-0.2, -0.15) is 39.5 Å². The Labute approximate surface area is 592 Å². The molecule has 546 valence electrons. The second-order valence-corrected chi connectivity index (χ2v) is 27.1. The maximum Gasteiger partial charge on any atom is 0.417 e. The van der Waals surface area contributed by atoms with Gasteiger partial charge in [0.15, 0.2) is 0 Å². The molecule has 3 aliphatic rings. The van der Waals surface area contributed by atoms with Crippen LogP contribution in [0.1, 0.15) is 156 Å². The highest BCUT2D eigenvalue weighted by molar-refractivity contribution is 6.41. The predicted molar refractivity (Wildman–Crippen MR) is 366 cm³/mol. The summed E-state index contributed by atoms with van der Waals surface area (Å²) in [6.45, 7) is 16.9. The molecule has 0 bridgehead atoms. The summed E-state index contributed by atoms with van der Waals surface area (Å²) in [6, 6.07) is 13.3. The van der Waals surface area contributed by atoms with E-state index in [4.69, 9.17) is 51.0 Å². The number of carbonyl (C=O) groups excluding carboxylic acids is 7. The summed E-state index contributed by atoms with van der Waals surface area (Å²) in [4.78, 5) is 105. The number of nitrogens with one attached hydrogen (secondary N) is 4. The van der Waals surface area contributed by atoms with Crippen molar-refractivity contribution in [1.29, 1.82) is 0 Å². The molecule has 3 aromatic carbocycles. The Bertz CT molecular complexity index is 3900. The van der Waals surface area contributed by atoms with E-state index in [9.17, 15) is 73.1 Å². The maximum absolute atomic E-state index is 13.2. The van der Waals surface area contributed by atoms with Gasteiger partial charge in [0.05, 0.1) is 85.5 Å². The van der Waals surface area contributed by atoms with Gasteiger partial charge in [0.25, 0.3) is 0 Å². The smallest absolute Gasteiger partial charge is 0.417 e. The summed E-state index contributed by atoms with van der Waals surface area (Å²) >= 11 is 17.6. The number of rotatable bonds is 7. The third kappa shape index (κ3) is 21.5. The van der Waals surface area contributed by atoms with Crippen molar-refractivity contribution in [2.24, 2.45) is 17.8 Å². The third-order valence-electron chi connectivity index (χ3n) is 16.6. The van der Waals surface area contributed by atoms with Gasteiger partial charge in [-0.3, -0.25) is 34.1 Å². The first-order chi connectivity index (χ1) is 46.5. The van der Waals surface area contributed by atoms with Crippen molar-refractivity contribution >= 4 is 111 Å². The number of nitrogens with zero attached hydrogens (tertiary/aromatic N) is 6. The van der Waals surface area contributed by atoms with Crippen LogP contribution in [0.4, 0.5) is 78.8 Å². The number of amides is 7. The minimum Gasteiger partial charge on any atom is -0.444 e. The number of piperidine rings is 3. The van der Waals surface area contributed by atoms with Gasteiger partial charge in [0.1, 0.15) is 23.1 Å². The first-order valence-electron chi connectivity index (χ1n) is 31.4. The number of nitrogens with two attached hydrogens (primary N) is 2. The number of pyridine rings is 3. The molecule has 0 unspecified atom stereocenters. The summed E-state index contributed by atoms with van der Waals surface area (Å²) in [7, 11) is 0. The van der Waals surface area contributed by atoms with Crippen LogP contribution in [0.3, 0.4) is 0 Å². The molecule has 7 amide bonds. The van der Waals surface area contributed by atoms with Crippen LogP contribution in [0, 0.1) is 38.5 Å². The largest absolute Gasteiger partial charge is 0.444 e. The van der Waals surface area contributed by atoms with E-state index in [1.165, 1.54) is 75.8 Å². The number of likely N-dealkylation sites (tertiary alicyclic amines) is 3. The molecule has 0 saturated carbocycles. The van der Waals surface area contributed by atoms with E-state index in [0.29, 0.717) is 88.7 Å². The number of hydrogen-bond donors (Lipinski definition) is 6. The van der Waals surface area contributed by atoms with Gasteiger partial charge in [-0.25, -0.2) is 19.7 Å². The van der Waals surface area contributed by atoms with Crippen LogP contribution in [-0.4, -0.2) is 96.4 Å². The zero-order valence-electron chi connectivity index (χ0n) is 55.6. The molecule has 101 heavy (non-hydrogen) atoms. The number of benzene rings is 3. The van der Waals surface area contributed by atoms with E-state index in [0.717, 1.165) is 37.5 Å². The lowest BCUT2D eigenvalue weighted by molar-refractivity contribution is -0.146. The van der Waals surface area contributed by atoms with E-state index in [-0.39, 0.29) is 43.2 Å². The average molecular weight is 1480 g/mol. The predicted octanol–water partition coefficient (Wildman–Crippen LogP) is 16.1. The van der Waals surface area contributed by atoms with Crippen molar-refractivity contribution in [2.45, 2.75) is 151 Å². The zero-order valence-corrected chi connectivity index (χ0v) is 57.9. The summed E-state index contributed by atoms with van der Waals surface area (Å²) in [5.41, 5.74) is 11.8. The number of hydrogen-bond acceptors (Lipinski definition) is 13. The molecule has 20 nitrogen and oxygen atoms in total. The van der Waals surface area contributed by atoms with Crippen molar-refractivity contribution in [1.82, 2.24) is 29.7 Å². The fourth-order valence-electron chi connectivity index (χ4n) is 11.5. The number of aryl methyl sites for hydroxylation is 3. The van der Waals surface area contributed by atoms with E-state index in [1.54, 1.807) is 53.7 Å². The van der Waals surface area contributed by atoms with Gasteiger partial charge in [-0.15, -0.1) is 0 Å². The summed E-state index contributed by atoms with van der Waals surface area (Å²) in [6.07, 6.45) is -6.73. The second-order valence-electron chi connectivity index (χ2n) is 25.9. The summed E-state index contributed by atoms with van der Waals surface area (Å²) in [5.74, 6) is -3.79. The van der Waals surface area contributed by atoms with E-state index in [2.05, 4.69) is 36.2 Å². The van der Waals surface area contributed by atoms with Crippen LogP contribution < -0.4 is 32.7 Å². The summed E-state index contributed by atoms with van der Waals surface area (Å²) in [5, 5.41) is 8.72. The van der Waals surface area contributed by atoms with Crippen LogP contribution in [0.15, 0.2) is 91.4 Å². The van der Waals surface area contributed by atoms with Gasteiger partial charge in [-0.05, 0) is 186 Å². The topological polar surface area (TPSA) is 277 Å². The molecule has 6 aromatic rings. The molecule has 3 saturated heterocycles. The Balaban J connectivity index is 0.000000239. The number of halogens is 12. The number of carbonyl (C=O) groups is 7. The van der Waals surface area contributed by atoms with Crippen molar-refractivity contribution < 1.29 is 77.8 Å². The molecule has 6 heterocycles. The first kappa shape index (κ1) is 81.0. The fourth-order valence-corrected chi connectivity index (χ4v) is 12.4. The normalized spacial score (nSPS) is 18.6. The molecule has 32 heteroatoms. The molecule has 0 spiro atoms. The Hall–Kier alpha value is -8.96. The quantitative estimate of drug-likeness (QED) is 0.0641. The lowest BCUT2D eigenvalue weighted by atomic mass is 9.89. The van der Waals surface area contributed by atoms with Crippen LogP contribution in [0.5, 0.6) is 0 Å². The Morgan fingerprint density at radius 3 is 1.00 bits per heavy atom. The molecule has 9 rings (SSSR count). The lowest BCUT2D eigenvalue weighted by Crippen LogP contribution is -2.46. The van der Waals surface area contributed by atoms with Gasteiger partial charge in [0.2, 0.25) is 0 Å². The molecule has 3 aromatic heterocycles. The SMILES string of the molecule is C.Cc1cc(NC(=O)C(=O)N2C[C@@H](C)CC[C@@H]2c2ccc(C(F)(F)F)c(Cl)c2)cnc1N.Cc1cc(NC(=O)C(=O)N2C[C@@H](C)CC[C@@H]2c2ccc(C(F)(F)F)c(Cl)c2)cnc1NC(=O)OC(C)(C)C.Cc1cc(NC(=O)C(=O)N2C[C@H](C)CC[C@H]2c2ccc(C(F)(F)F)c(Cl)c2)cnc1N. The molecule has 3 fully saturated rings. The van der Waals surface area contributed by atoms with Crippen molar-refractivity contribution in [3.05, 3.63) is 157 Å². The van der Waals surface area contributed by atoms with E-state index >= 15 is 0 Å². The number of ether oxygens (including phenoxy) is 1. The zero-order chi connectivity index (χ0) is 74.3.